The van der Waals surface area contributed by atoms with Gasteiger partial charge in [0.2, 0.25) is 0 Å². The molecule has 1 N–H and O–H groups in total. The average Bonchev–Trinajstić information content (AvgIpc) is 2.74. The Morgan fingerprint density at radius 2 is 2.31 bits per heavy atom. The van der Waals surface area contributed by atoms with Crippen molar-refractivity contribution in [3.05, 3.63) is 45.9 Å². The number of nitrogens with zero attached hydrogens (tertiary/aromatic N) is 1. The van der Waals surface area contributed by atoms with Crippen LogP contribution in [-0.2, 0) is 0 Å². The molecule has 2 rings (SSSR count). The smallest absolute Gasteiger partial charge is 0.257 e. The van der Waals surface area contributed by atoms with E-state index in [9.17, 15) is 4.79 Å². The number of hydrogen-bond donors (Lipinski definition) is 1. The Hall–Kier alpha value is -1.39. The Morgan fingerprint density at radius 3 is 2.94 bits per heavy atom. The molecule has 2 aromatic rings. The third-order valence-corrected chi connectivity index (χ3v) is 3.18. The van der Waals surface area contributed by atoms with E-state index in [4.69, 9.17) is 11.6 Å². The predicted octanol–water partition coefficient (Wildman–Crippen LogP) is 3.36. The standard InChI is InChI=1S/C11H9ClN2OS/c1-7-2-3-8(6-9(7)12)10(15)14-11-13-4-5-16-11/h2-6H,1H3,(H,13,14,15). The minimum atomic E-state index is -0.197. The fraction of sp³-hybridized carbons (Fsp3) is 0.0909. The molecule has 0 atom stereocenters. The number of aromatic nitrogens is 1. The molecule has 0 radical (unpaired) electrons. The molecular formula is C11H9ClN2OS. The van der Waals surface area contributed by atoms with Crippen molar-refractivity contribution in [3.8, 4) is 0 Å². The lowest BCUT2D eigenvalue weighted by atomic mass is 10.1. The van der Waals surface area contributed by atoms with Crippen LogP contribution in [0.3, 0.4) is 0 Å². The van der Waals surface area contributed by atoms with Gasteiger partial charge in [-0.25, -0.2) is 4.98 Å². The monoisotopic (exact) mass is 252 g/mol. The molecule has 5 heteroatoms. The Balaban J connectivity index is 2.18. The number of aryl methyl sites for hydroxylation is 1. The fourth-order valence-electron chi connectivity index (χ4n) is 1.19. The molecule has 0 fully saturated rings. The largest absolute Gasteiger partial charge is 0.298 e. The molecule has 82 valence electrons. The van der Waals surface area contributed by atoms with Crippen LogP contribution in [0.25, 0.3) is 0 Å². The lowest BCUT2D eigenvalue weighted by Crippen LogP contribution is -2.11. The molecule has 0 saturated heterocycles. The van der Waals surface area contributed by atoms with E-state index in [1.807, 2.05) is 13.0 Å². The summed E-state index contributed by atoms with van der Waals surface area (Å²) in [6.07, 6.45) is 1.64. The lowest BCUT2D eigenvalue weighted by molar-refractivity contribution is 0.102. The van der Waals surface area contributed by atoms with Crippen LogP contribution in [0.1, 0.15) is 15.9 Å². The Kier molecular flexibility index (Phi) is 3.22. The second kappa shape index (κ2) is 4.63. The Labute approximate surface area is 102 Å². The zero-order valence-corrected chi connectivity index (χ0v) is 10.1. The summed E-state index contributed by atoms with van der Waals surface area (Å²) in [4.78, 5) is 15.7. The van der Waals surface area contributed by atoms with Crippen molar-refractivity contribution in [1.82, 2.24) is 4.98 Å². The molecule has 0 aliphatic rings. The van der Waals surface area contributed by atoms with Crippen LogP contribution in [0.4, 0.5) is 5.13 Å². The molecule has 1 aromatic carbocycles. The first-order valence-electron chi connectivity index (χ1n) is 4.64. The maximum absolute atomic E-state index is 11.8. The number of halogens is 1. The average molecular weight is 253 g/mol. The minimum absolute atomic E-state index is 0.197. The summed E-state index contributed by atoms with van der Waals surface area (Å²) in [5.41, 5.74) is 1.48. The van der Waals surface area contributed by atoms with Crippen molar-refractivity contribution in [1.29, 1.82) is 0 Å². The number of thiazole rings is 1. The molecule has 0 unspecified atom stereocenters. The second-order valence-corrected chi connectivity index (χ2v) is 4.56. The third kappa shape index (κ3) is 2.40. The number of anilines is 1. The number of rotatable bonds is 2. The highest BCUT2D eigenvalue weighted by atomic mass is 35.5. The summed E-state index contributed by atoms with van der Waals surface area (Å²) in [5.74, 6) is -0.197. The van der Waals surface area contributed by atoms with E-state index in [1.54, 1.807) is 23.7 Å². The molecule has 0 aliphatic carbocycles. The lowest BCUT2D eigenvalue weighted by Gasteiger charge is -2.03. The van der Waals surface area contributed by atoms with E-state index in [2.05, 4.69) is 10.3 Å². The van der Waals surface area contributed by atoms with E-state index in [1.165, 1.54) is 11.3 Å². The summed E-state index contributed by atoms with van der Waals surface area (Å²) < 4.78 is 0. The molecule has 0 saturated carbocycles. The van der Waals surface area contributed by atoms with Crippen molar-refractivity contribution in [2.24, 2.45) is 0 Å². The van der Waals surface area contributed by atoms with Crippen LogP contribution in [0.2, 0.25) is 5.02 Å². The zero-order valence-electron chi connectivity index (χ0n) is 8.53. The minimum Gasteiger partial charge on any atom is -0.298 e. The van der Waals surface area contributed by atoms with Gasteiger partial charge in [-0.05, 0) is 24.6 Å². The molecule has 1 aromatic heterocycles. The van der Waals surface area contributed by atoms with Gasteiger partial charge in [0.15, 0.2) is 5.13 Å². The van der Waals surface area contributed by atoms with Crippen LogP contribution in [0.15, 0.2) is 29.8 Å². The number of amides is 1. The number of carbonyl (C=O) groups is 1. The summed E-state index contributed by atoms with van der Waals surface area (Å²) in [5, 5.41) is 5.67. The van der Waals surface area contributed by atoms with Crippen LogP contribution in [0, 0.1) is 6.92 Å². The molecule has 0 aliphatic heterocycles. The van der Waals surface area contributed by atoms with Crippen LogP contribution in [0.5, 0.6) is 0 Å². The van der Waals surface area contributed by atoms with Gasteiger partial charge in [-0.15, -0.1) is 11.3 Å². The Morgan fingerprint density at radius 1 is 1.50 bits per heavy atom. The number of nitrogens with one attached hydrogen (secondary N) is 1. The molecular weight excluding hydrogens is 244 g/mol. The maximum atomic E-state index is 11.8. The van der Waals surface area contributed by atoms with Crippen molar-refractivity contribution < 1.29 is 4.79 Å². The van der Waals surface area contributed by atoms with Gasteiger partial charge in [-0.3, -0.25) is 10.1 Å². The molecule has 1 heterocycles. The quantitative estimate of drug-likeness (QED) is 0.891. The van der Waals surface area contributed by atoms with Gasteiger partial charge in [0.25, 0.3) is 5.91 Å². The predicted molar refractivity (Wildman–Crippen MR) is 66.3 cm³/mol. The number of carbonyl (C=O) groups excluding carboxylic acids is 1. The van der Waals surface area contributed by atoms with Crippen molar-refractivity contribution in [3.63, 3.8) is 0 Å². The second-order valence-electron chi connectivity index (χ2n) is 3.26. The van der Waals surface area contributed by atoms with E-state index < -0.39 is 0 Å². The molecule has 1 amide bonds. The highest BCUT2D eigenvalue weighted by molar-refractivity contribution is 7.13. The highest BCUT2D eigenvalue weighted by Gasteiger charge is 2.08. The van der Waals surface area contributed by atoms with Gasteiger partial charge in [0, 0.05) is 22.2 Å². The SMILES string of the molecule is Cc1ccc(C(=O)Nc2nccs2)cc1Cl. The third-order valence-electron chi connectivity index (χ3n) is 2.09. The van der Waals surface area contributed by atoms with Crippen LogP contribution < -0.4 is 5.32 Å². The van der Waals surface area contributed by atoms with Crippen molar-refractivity contribution in [2.45, 2.75) is 6.92 Å². The molecule has 16 heavy (non-hydrogen) atoms. The van der Waals surface area contributed by atoms with Gasteiger partial charge in [0.1, 0.15) is 0 Å². The molecule has 0 spiro atoms. The summed E-state index contributed by atoms with van der Waals surface area (Å²) in [6.45, 7) is 1.89. The molecule has 3 nitrogen and oxygen atoms in total. The van der Waals surface area contributed by atoms with E-state index >= 15 is 0 Å². The number of benzene rings is 1. The normalized spacial score (nSPS) is 10.1. The van der Waals surface area contributed by atoms with Gasteiger partial charge < -0.3 is 0 Å². The van der Waals surface area contributed by atoms with Gasteiger partial charge >= 0.3 is 0 Å². The molecule has 0 bridgehead atoms. The number of hydrogen-bond acceptors (Lipinski definition) is 3. The van der Waals surface area contributed by atoms with Crippen LogP contribution in [-0.4, -0.2) is 10.9 Å². The van der Waals surface area contributed by atoms with E-state index in [0.29, 0.717) is 15.7 Å². The topological polar surface area (TPSA) is 42.0 Å². The highest BCUT2D eigenvalue weighted by Crippen LogP contribution is 2.18. The van der Waals surface area contributed by atoms with Gasteiger partial charge in [-0.1, -0.05) is 17.7 Å². The van der Waals surface area contributed by atoms with Crippen LogP contribution >= 0.6 is 22.9 Å². The van der Waals surface area contributed by atoms with Gasteiger partial charge in [0.05, 0.1) is 0 Å². The first kappa shape index (κ1) is 11.1. The fourth-order valence-corrected chi connectivity index (χ4v) is 1.89. The zero-order chi connectivity index (χ0) is 11.5. The van der Waals surface area contributed by atoms with Gasteiger partial charge in [-0.2, -0.15) is 0 Å². The summed E-state index contributed by atoms with van der Waals surface area (Å²) in [6, 6.07) is 5.21. The van der Waals surface area contributed by atoms with Crippen molar-refractivity contribution in [2.75, 3.05) is 5.32 Å². The van der Waals surface area contributed by atoms with Crippen molar-refractivity contribution >= 4 is 34.0 Å². The Bertz CT molecular complexity index is 511. The summed E-state index contributed by atoms with van der Waals surface area (Å²) in [7, 11) is 0. The first-order chi connectivity index (χ1) is 7.66. The van der Waals surface area contributed by atoms with E-state index in [-0.39, 0.29) is 5.91 Å². The maximum Gasteiger partial charge on any atom is 0.257 e. The first-order valence-corrected chi connectivity index (χ1v) is 5.89. The summed E-state index contributed by atoms with van der Waals surface area (Å²) >= 11 is 7.32. The van der Waals surface area contributed by atoms with E-state index in [0.717, 1.165) is 5.56 Å².